The van der Waals surface area contributed by atoms with Crippen molar-refractivity contribution in [3.8, 4) is 28.7 Å². The number of imidazole rings is 1. The van der Waals surface area contributed by atoms with Crippen LogP contribution < -0.4 is 10.2 Å². The first-order chi connectivity index (χ1) is 18.4. The number of carbonyl (C=O) groups excluding carboxylic acids is 1. The Labute approximate surface area is 219 Å². The molecule has 2 aliphatic heterocycles. The van der Waals surface area contributed by atoms with Crippen molar-refractivity contribution in [3.63, 3.8) is 0 Å². The molecule has 0 atom stereocenters. The summed E-state index contributed by atoms with van der Waals surface area (Å²) in [5.41, 5.74) is 1.57. The highest BCUT2D eigenvalue weighted by atomic mass is 19.1. The van der Waals surface area contributed by atoms with Crippen LogP contribution in [0.15, 0.2) is 36.5 Å². The summed E-state index contributed by atoms with van der Waals surface area (Å²) in [6, 6.07) is 9.75. The zero-order valence-corrected chi connectivity index (χ0v) is 21.3. The Bertz CT molecular complexity index is 1320. The number of nitriles is 1. The maximum absolute atomic E-state index is 13.7. The molecule has 2 N–H and O–H groups in total. The van der Waals surface area contributed by atoms with Gasteiger partial charge in [0.25, 0.3) is 0 Å². The highest BCUT2D eigenvalue weighted by Crippen LogP contribution is 2.35. The normalized spacial score (nSPS) is 22.2. The molecule has 4 heterocycles. The number of nitrogens with zero attached hydrogens (tertiary/aromatic N) is 6. The van der Waals surface area contributed by atoms with Gasteiger partial charge in [-0.2, -0.15) is 5.26 Å². The van der Waals surface area contributed by atoms with Crippen LogP contribution in [0.2, 0.25) is 0 Å². The van der Waals surface area contributed by atoms with Crippen LogP contribution >= 0.6 is 0 Å². The third-order valence-electron chi connectivity index (χ3n) is 6.73. The summed E-state index contributed by atoms with van der Waals surface area (Å²) >= 11 is 0. The molecule has 2 fully saturated rings. The summed E-state index contributed by atoms with van der Waals surface area (Å²) in [5.74, 6) is 0.361. The Kier molecular flexibility index (Phi) is 7.33. The number of piperazine rings is 1. The smallest absolute Gasteiger partial charge is 0.231 e. The van der Waals surface area contributed by atoms with Crippen LogP contribution in [-0.2, 0) is 14.3 Å². The quantitative estimate of drug-likeness (QED) is 0.469. The molecule has 2 aliphatic rings. The van der Waals surface area contributed by atoms with Gasteiger partial charge in [0, 0.05) is 37.9 Å². The molecule has 5 rings (SSSR count). The Balaban J connectivity index is 1.44. The van der Waals surface area contributed by atoms with Crippen LogP contribution in [0.3, 0.4) is 0 Å². The number of nitrogens with one attached hydrogen (secondary N) is 2. The molecule has 198 valence electrons. The number of anilines is 1. The number of hydrogen-bond acceptors (Lipinski definition) is 9. The standard InChI is InChI=1S/C26H29FN8O3/c1-26(24(36)29-10-8-28)15-37-23(38-16-26)22-32-20(17-3-5-18(27)6-4-17)21(33-22)19-7-9-30-25(31-19)35-13-11-34(2)12-14-35/h3-7,9,23H,10-16H2,1-2H3,(H,29,36)(H,32,33). The Hall–Kier alpha value is -3.92. The van der Waals surface area contributed by atoms with E-state index >= 15 is 0 Å². The number of carbonyl (C=O) groups is 1. The van der Waals surface area contributed by atoms with Crippen LogP contribution in [0.1, 0.15) is 19.0 Å². The van der Waals surface area contributed by atoms with Gasteiger partial charge in [0.1, 0.15) is 12.4 Å². The van der Waals surface area contributed by atoms with Crippen LogP contribution in [0.5, 0.6) is 0 Å². The van der Waals surface area contributed by atoms with Crippen LogP contribution in [0.25, 0.3) is 22.6 Å². The average molecular weight is 521 g/mol. The summed E-state index contributed by atoms with van der Waals surface area (Å²) in [5, 5.41) is 11.3. The number of aromatic amines is 1. The molecule has 0 saturated carbocycles. The van der Waals surface area contributed by atoms with Crippen LogP contribution in [-0.4, -0.2) is 83.7 Å². The molecule has 38 heavy (non-hydrogen) atoms. The first-order valence-corrected chi connectivity index (χ1v) is 12.4. The predicted octanol–water partition coefficient (Wildman–Crippen LogP) is 2.12. The highest BCUT2D eigenvalue weighted by molar-refractivity contribution is 5.83. The summed E-state index contributed by atoms with van der Waals surface area (Å²) in [6.07, 6.45) is 0.864. The van der Waals surface area contributed by atoms with Gasteiger partial charge in [-0.25, -0.2) is 19.3 Å². The van der Waals surface area contributed by atoms with Crippen molar-refractivity contribution in [2.24, 2.45) is 5.41 Å². The largest absolute Gasteiger partial charge is 0.345 e. The maximum atomic E-state index is 13.7. The van der Waals surface area contributed by atoms with Gasteiger partial charge < -0.3 is 29.6 Å². The van der Waals surface area contributed by atoms with E-state index in [9.17, 15) is 9.18 Å². The van der Waals surface area contributed by atoms with Crippen molar-refractivity contribution >= 4 is 11.9 Å². The van der Waals surface area contributed by atoms with E-state index in [1.807, 2.05) is 6.07 Å². The molecular weight excluding hydrogens is 491 g/mol. The average Bonchev–Trinajstić information content (AvgIpc) is 3.38. The zero-order chi connectivity index (χ0) is 26.7. The Morgan fingerprint density at radius 2 is 1.89 bits per heavy atom. The second-order valence-electron chi connectivity index (χ2n) is 9.74. The number of H-pyrrole nitrogens is 1. The topological polar surface area (TPSA) is 132 Å². The van der Waals surface area contributed by atoms with Crippen molar-refractivity contribution in [1.82, 2.24) is 30.2 Å². The van der Waals surface area contributed by atoms with Gasteiger partial charge in [-0.3, -0.25) is 4.79 Å². The molecule has 0 unspecified atom stereocenters. The number of halogens is 1. The van der Waals surface area contributed by atoms with E-state index < -0.39 is 11.7 Å². The lowest BCUT2D eigenvalue weighted by atomic mass is 9.91. The number of likely N-dealkylation sites (N-methyl/N-ethyl adjacent to an activating group) is 1. The van der Waals surface area contributed by atoms with Crippen molar-refractivity contribution < 1.29 is 18.7 Å². The lowest BCUT2D eigenvalue weighted by molar-refractivity contribution is -0.230. The molecule has 1 aromatic carbocycles. The minimum absolute atomic E-state index is 0.0813. The van der Waals surface area contributed by atoms with Gasteiger partial charge in [0.15, 0.2) is 5.82 Å². The molecule has 11 nitrogen and oxygen atoms in total. The molecule has 2 aromatic heterocycles. The van der Waals surface area contributed by atoms with E-state index in [1.54, 1.807) is 31.3 Å². The minimum Gasteiger partial charge on any atom is -0.345 e. The number of aromatic nitrogens is 4. The monoisotopic (exact) mass is 520 g/mol. The molecule has 0 bridgehead atoms. The molecule has 3 aromatic rings. The van der Waals surface area contributed by atoms with Gasteiger partial charge in [0.2, 0.25) is 18.1 Å². The van der Waals surface area contributed by atoms with E-state index in [2.05, 4.69) is 32.1 Å². The van der Waals surface area contributed by atoms with Crippen LogP contribution in [0.4, 0.5) is 10.3 Å². The number of ether oxygens (including phenoxy) is 2. The van der Waals surface area contributed by atoms with Gasteiger partial charge >= 0.3 is 0 Å². The van der Waals surface area contributed by atoms with Crippen molar-refractivity contribution in [2.45, 2.75) is 13.2 Å². The number of rotatable bonds is 6. The molecule has 2 saturated heterocycles. The van der Waals surface area contributed by atoms with Gasteiger partial charge in [-0.15, -0.1) is 0 Å². The van der Waals surface area contributed by atoms with Gasteiger partial charge in [0.05, 0.1) is 41.8 Å². The lowest BCUT2D eigenvalue weighted by Gasteiger charge is -2.35. The fourth-order valence-electron chi connectivity index (χ4n) is 4.38. The second-order valence-corrected chi connectivity index (χ2v) is 9.74. The van der Waals surface area contributed by atoms with E-state index in [0.29, 0.717) is 34.4 Å². The van der Waals surface area contributed by atoms with E-state index in [0.717, 1.165) is 26.2 Å². The first kappa shape index (κ1) is 25.7. The zero-order valence-electron chi connectivity index (χ0n) is 21.3. The summed E-state index contributed by atoms with van der Waals surface area (Å²) in [4.78, 5) is 34.2. The Morgan fingerprint density at radius 1 is 1.18 bits per heavy atom. The fourth-order valence-corrected chi connectivity index (χ4v) is 4.38. The van der Waals surface area contributed by atoms with Crippen molar-refractivity contribution in [3.05, 3.63) is 48.2 Å². The van der Waals surface area contributed by atoms with Crippen LogP contribution in [0, 0.1) is 22.6 Å². The Morgan fingerprint density at radius 3 is 2.58 bits per heavy atom. The van der Waals surface area contributed by atoms with E-state index in [1.165, 1.54) is 12.1 Å². The summed E-state index contributed by atoms with van der Waals surface area (Å²) in [6.45, 7) is 5.28. The number of hydrogen-bond donors (Lipinski definition) is 2. The second kappa shape index (κ2) is 10.8. The van der Waals surface area contributed by atoms with Gasteiger partial charge in [-0.1, -0.05) is 0 Å². The lowest BCUT2D eigenvalue weighted by Crippen LogP contribution is -2.48. The highest BCUT2D eigenvalue weighted by Gasteiger charge is 2.40. The van der Waals surface area contributed by atoms with E-state index in [-0.39, 0.29) is 31.5 Å². The third-order valence-corrected chi connectivity index (χ3v) is 6.73. The maximum Gasteiger partial charge on any atom is 0.231 e. The van der Waals surface area contributed by atoms with Crippen molar-refractivity contribution in [2.75, 3.05) is 57.9 Å². The molecule has 0 aliphatic carbocycles. The SMILES string of the molecule is CN1CCN(c2nccc(-c3[nH]c(C4OCC(C)(C(=O)NCC#N)CO4)nc3-c3ccc(F)cc3)n2)CC1. The van der Waals surface area contributed by atoms with Gasteiger partial charge in [-0.05, 0) is 44.3 Å². The predicted molar refractivity (Wildman–Crippen MR) is 136 cm³/mol. The first-order valence-electron chi connectivity index (χ1n) is 12.4. The minimum atomic E-state index is -0.938. The van der Waals surface area contributed by atoms with E-state index in [4.69, 9.17) is 24.7 Å². The molecule has 0 radical (unpaired) electrons. The molecular formula is C26H29FN8O3. The number of amides is 1. The summed E-state index contributed by atoms with van der Waals surface area (Å²) < 4.78 is 25.5. The molecule has 1 amide bonds. The third kappa shape index (κ3) is 5.35. The molecule has 0 spiro atoms. The van der Waals surface area contributed by atoms with Crippen molar-refractivity contribution in [1.29, 1.82) is 5.26 Å². The summed E-state index contributed by atoms with van der Waals surface area (Å²) in [7, 11) is 2.09. The molecule has 12 heteroatoms. The fraction of sp³-hybridized carbons (Fsp3) is 0.423. The number of benzene rings is 1.